The molecule has 0 radical (unpaired) electrons. The first-order chi connectivity index (χ1) is 11.8. The highest BCUT2D eigenvalue weighted by Crippen LogP contribution is 2.37. The van der Waals surface area contributed by atoms with E-state index < -0.39 is 0 Å². The van der Waals surface area contributed by atoms with Crippen LogP contribution in [0.5, 0.6) is 11.5 Å². The van der Waals surface area contributed by atoms with Crippen LogP contribution in [-0.2, 0) is 13.1 Å². The fourth-order valence-corrected chi connectivity index (χ4v) is 3.31. The maximum absolute atomic E-state index is 6.32. The molecule has 0 fully saturated rings. The topological polar surface area (TPSA) is 54.9 Å². The van der Waals surface area contributed by atoms with Gasteiger partial charge in [-0.25, -0.2) is 0 Å². The Morgan fingerprint density at radius 1 is 1.24 bits per heavy atom. The zero-order chi connectivity index (χ0) is 16.8. The van der Waals surface area contributed by atoms with E-state index in [-0.39, 0.29) is 24.0 Å². The van der Waals surface area contributed by atoms with Gasteiger partial charge in [-0.15, -0.1) is 35.3 Å². The van der Waals surface area contributed by atoms with Crippen LogP contribution < -0.4 is 20.1 Å². The van der Waals surface area contributed by atoms with Crippen LogP contribution in [0.25, 0.3) is 0 Å². The summed E-state index contributed by atoms with van der Waals surface area (Å²) in [7, 11) is 1.75. The fourth-order valence-electron chi connectivity index (χ4n) is 2.38. The Kier molecular flexibility index (Phi) is 8.11. The van der Waals surface area contributed by atoms with Gasteiger partial charge in [0, 0.05) is 24.9 Å². The van der Waals surface area contributed by atoms with Gasteiger partial charge in [0.05, 0.1) is 24.8 Å². The molecule has 0 saturated heterocycles. The summed E-state index contributed by atoms with van der Waals surface area (Å²) in [5, 5.41) is 9.21. The quantitative estimate of drug-likeness (QED) is 0.383. The molecule has 0 spiro atoms. The average Bonchev–Trinajstić information content (AvgIpc) is 2.99. The normalized spacial score (nSPS) is 13.6. The van der Waals surface area contributed by atoms with Crippen molar-refractivity contribution in [2.45, 2.75) is 19.5 Å². The van der Waals surface area contributed by atoms with Crippen LogP contribution in [0.1, 0.15) is 16.9 Å². The van der Waals surface area contributed by atoms with Gasteiger partial charge in [-0.05, 0) is 29.1 Å². The lowest BCUT2D eigenvalue weighted by atomic mass is 10.2. The summed E-state index contributed by atoms with van der Waals surface area (Å²) in [5.41, 5.74) is 1.02. The van der Waals surface area contributed by atoms with Crippen LogP contribution in [0, 0.1) is 0 Å². The maximum atomic E-state index is 6.32. The summed E-state index contributed by atoms with van der Waals surface area (Å²) < 4.78 is 11.4. The molecule has 3 rings (SSSR count). The molecule has 0 atom stereocenters. The molecule has 136 valence electrons. The molecule has 2 heterocycles. The molecule has 1 aliphatic rings. The average molecular weight is 494 g/mol. The van der Waals surface area contributed by atoms with E-state index in [9.17, 15) is 0 Å². The maximum Gasteiger partial charge on any atom is 0.191 e. The number of benzene rings is 1. The Bertz CT molecular complexity index is 710. The number of thiophene rings is 1. The molecule has 5 nitrogen and oxygen atoms in total. The summed E-state index contributed by atoms with van der Waals surface area (Å²) in [4.78, 5) is 5.50. The molecular formula is C17H21ClIN3O2S. The Morgan fingerprint density at radius 3 is 2.80 bits per heavy atom. The predicted octanol–water partition coefficient (Wildman–Crippen LogP) is 4.05. The molecule has 25 heavy (non-hydrogen) atoms. The summed E-state index contributed by atoms with van der Waals surface area (Å²) >= 11 is 8.04. The van der Waals surface area contributed by atoms with E-state index in [0.29, 0.717) is 36.3 Å². The zero-order valence-electron chi connectivity index (χ0n) is 13.9. The smallest absolute Gasteiger partial charge is 0.191 e. The Morgan fingerprint density at radius 2 is 2.04 bits per heavy atom. The molecular weight excluding hydrogens is 473 g/mol. The van der Waals surface area contributed by atoms with Gasteiger partial charge in [-0.1, -0.05) is 17.7 Å². The first-order valence-electron chi connectivity index (χ1n) is 7.81. The second-order valence-corrected chi connectivity index (χ2v) is 6.75. The van der Waals surface area contributed by atoms with Gasteiger partial charge in [0.1, 0.15) is 0 Å². The molecule has 1 aromatic carbocycles. The van der Waals surface area contributed by atoms with E-state index in [0.717, 1.165) is 24.5 Å². The van der Waals surface area contributed by atoms with Crippen LogP contribution in [0.15, 0.2) is 34.6 Å². The predicted molar refractivity (Wildman–Crippen MR) is 114 cm³/mol. The first kappa shape index (κ1) is 20.1. The largest absolute Gasteiger partial charge is 0.489 e. The molecule has 0 unspecified atom stereocenters. The van der Waals surface area contributed by atoms with Gasteiger partial charge in [-0.2, -0.15) is 0 Å². The van der Waals surface area contributed by atoms with E-state index in [1.165, 1.54) is 4.88 Å². The lowest BCUT2D eigenvalue weighted by Crippen LogP contribution is -2.36. The number of fused-ring (bicyclic) bond motifs is 1. The first-order valence-corrected chi connectivity index (χ1v) is 9.07. The van der Waals surface area contributed by atoms with Crippen molar-refractivity contribution in [3.8, 4) is 11.5 Å². The minimum absolute atomic E-state index is 0. The minimum atomic E-state index is 0. The van der Waals surface area contributed by atoms with Crippen molar-refractivity contribution in [1.29, 1.82) is 0 Å². The van der Waals surface area contributed by atoms with Crippen LogP contribution in [0.3, 0.4) is 0 Å². The van der Waals surface area contributed by atoms with Crippen molar-refractivity contribution < 1.29 is 9.47 Å². The monoisotopic (exact) mass is 493 g/mol. The summed E-state index contributed by atoms with van der Waals surface area (Å²) in [6, 6.07) is 7.99. The van der Waals surface area contributed by atoms with Gasteiger partial charge >= 0.3 is 0 Å². The number of halogens is 2. The van der Waals surface area contributed by atoms with E-state index in [1.807, 2.05) is 18.2 Å². The molecule has 0 aliphatic carbocycles. The number of rotatable bonds is 4. The number of hydrogen-bond donors (Lipinski definition) is 2. The lowest BCUT2D eigenvalue weighted by molar-refractivity contribution is 0.297. The molecule has 1 aromatic heterocycles. The summed E-state index contributed by atoms with van der Waals surface area (Å²) in [6.07, 6.45) is 0.859. The number of aliphatic imine (C=N–C) groups is 1. The molecule has 8 heteroatoms. The Hall–Kier alpha value is -1.19. The number of guanidine groups is 1. The highest BCUT2D eigenvalue weighted by molar-refractivity contribution is 14.0. The molecule has 0 bridgehead atoms. The zero-order valence-corrected chi connectivity index (χ0v) is 17.8. The SMILES string of the molecule is CN=C(NCc1cc(Cl)c2c(c1)OCCCO2)NCc1cccs1.I. The Balaban J connectivity index is 0.00000225. The van der Waals surface area contributed by atoms with E-state index in [4.69, 9.17) is 21.1 Å². The van der Waals surface area contributed by atoms with Crippen molar-refractivity contribution in [1.82, 2.24) is 10.6 Å². The third-order valence-corrected chi connectivity index (χ3v) is 4.71. The van der Waals surface area contributed by atoms with Gasteiger partial charge in [0.25, 0.3) is 0 Å². The number of nitrogens with one attached hydrogen (secondary N) is 2. The highest BCUT2D eigenvalue weighted by Gasteiger charge is 2.15. The molecule has 2 N–H and O–H groups in total. The van der Waals surface area contributed by atoms with Crippen LogP contribution in [0.2, 0.25) is 5.02 Å². The minimum Gasteiger partial charge on any atom is -0.489 e. The van der Waals surface area contributed by atoms with Gasteiger partial charge in [-0.3, -0.25) is 4.99 Å². The van der Waals surface area contributed by atoms with Crippen LogP contribution in [-0.4, -0.2) is 26.2 Å². The van der Waals surface area contributed by atoms with Crippen LogP contribution in [0.4, 0.5) is 0 Å². The van der Waals surface area contributed by atoms with E-state index in [2.05, 4.69) is 27.1 Å². The van der Waals surface area contributed by atoms with Gasteiger partial charge < -0.3 is 20.1 Å². The second-order valence-electron chi connectivity index (χ2n) is 5.31. The number of nitrogens with zero attached hydrogens (tertiary/aromatic N) is 1. The fraction of sp³-hybridized carbons (Fsp3) is 0.353. The van der Waals surface area contributed by atoms with Crippen LogP contribution >= 0.6 is 46.9 Å². The van der Waals surface area contributed by atoms with Crippen molar-refractivity contribution >= 4 is 52.9 Å². The highest BCUT2D eigenvalue weighted by atomic mass is 127. The summed E-state index contributed by atoms with van der Waals surface area (Å²) in [6.45, 7) is 2.62. The van der Waals surface area contributed by atoms with Crippen molar-refractivity contribution in [3.63, 3.8) is 0 Å². The number of hydrogen-bond acceptors (Lipinski definition) is 4. The molecule has 2 aromatic rings. The van der Waals surface area contributed by atoms with E-state index in [1.54, 1.807) is 18.4 Å². The standard InChI is InChI=1S/C17H20ClN3O2S.HI/c1-19-17(21-11-13-4-2-7-24-13)20-10-12-8-14(18)16-15(9-12)22-5-3-6-23-16;/h2,4,7-9H,3,5-6,10-11H2,1H3,(H2,19,20,21);1H. The lowest BCUT2D eigenvalue weighted by Gasteiger charge is -2.14. The van der Waals surface area contributed by atoms with E-state index >= 15 is 0 Å². The number of ether oxygens (including phenoxy) is 2. The van der Waals surface area contributed by atoms with Gasteiger partial charge in [0.15, 0.2) is 17.5 Å². The Labute approximate surface area is 173 Å². The second kappa shape index (κ2) is 10.1. The third-order valence-electron chi connectivity index (χ3n) is 3.56. The van der Waals surface area contributed by atoms with Crippen molar-refractivity contribution in [2.75, 3.05) is 20.3 Å². The third kappa shape index (κ3) is 5.65. The van der Waals surface area contributed by atoms with Gasteiger partial charge in [0.2, 0.25) is 0 Å². The van der Waals surface area contributed by atoms with Crippen molar-refractivity contribution in [3.05, 3.63) is 45.1 Å². The molecule has 1 aliphatic heterocycles. The summed E-state index contributed by atoms with van der Waals surface area (Å²) in [5.74, 6) is 2.09. The van der Waals surface area contributed by atoms with Crippen molar-refractivity contribution in [2.24, 2.45) is 4.99 Å². The molecule has 0 saturated carbocycles. The molecule has 0 amide bonds.